The molecule has 0 aliphatic rings. The van der Waals surface area contributed by atoms with Crippen LogP contribution in [0.4, 0.5) is 13.2 Å². The van der Waals surface area contributed by atoms with E-state index in [1.165, 1.54) is 26.5 Å². The Morgan fingerprint density at radius 2 is 1.64 bits per heavy atom. The summed E-state index contributed by atoms with van der Waals surface area (Å²) in [4.78, 5) is 23.2. The summed E-state index contributed by atoms with van der Waals surface area (Å²) in [5.41, 5.74) is 2.61. The molecule has 0 fully saturated rings. The average molecular weight is 585 g/mol. The van der Waals surface area contributed by atoms with Gasteiger partial charge < -0.3 is 23.9 Å². The van der Waals surface area contributed by atoms with Crippen molar-refractivity contribution in [2.75, 3.05) is 20.8 Å². The van der Waals surface area contributed by atoms with Crippen LogP contribution in [0, 0.1) is 0 Å². The number of benzene rings is 3. The molecule has 0 saturated carbocycles. The minimum absolute atomic E-state index is 0.0315. The molecule has 42 heavy (non-hydrogen) atoms. The zero-order valence-corrected chi connectivity index (χ0v) is 23.6. The summed E-state index contributed by atoms with van der Waals surface area (Å²) in [5.74, 6) is -0.0998. The van der Waals surface area contributed by atoms with Crippen LogP contribution in [0.15, 0.2) is 89.4 Å². The van der Waals surface area contributed by atoms with E-state index in [-0.39, 0.29) is 18.8 Å². The molecular formula is C31H31F3N2O6. The van der Waals surface area contributed by atoms with E-state index in [0.717, 1.165) is 12.1 Å². The molecule has 0 radical (unpaired) electrons. The Morgan fingerprint density at radius 3 is 2.31 bits per heavy atom. The van der Waals surface area contributed by atoms with E-state index in [9.17, 15) is 18.0 Å². The van der Waals surface area contributed by atoms with Crippen LogP contribution in [-0.4, -0.2) is 38.2 Å². The lowest BCUT2D eigenvalue weighted by Crippen LogP contribution is -2.14. The molecule has 0 aliphatic carbocycles. The minimum Gasteiger partial charge on any atom is -0.503 e. The number of halogens is 3. The van der Waals surface area contributed by atoms with Gasteiger partial charge in [0, 0.05) is 11.1 Å². The number of ether oxygens (including phenoxy) is 3. The second-order valence-corrected chi connectivity index (χ2v) is 8.73. The molecule has 3 rings (SSSR count). The molecule has 0 amide bonds. The van der Waals surface area contributed by atoms with Crippen LogP contribution in [0.1, 0.15) is 41.7 Å². The van der Waals surface area contributed by atoms with Gasteiger partial charge in [-0.1, -0.05) is 46.7 Å². The zero-order valence-electron chi connectivity index (χ0n) is 23.6. The first-order chi connectivity index (χ1) is 20.2. The normalized spacial score (nSPS) is 12.5. The maximum atomic E-state index is 13.0. The Labute approximate surface area is 242 Å². The maximum absolute atomic E-state index is 13.0. The predicted molar refractivity (Wildman–Crippen MR) is 152 cm³/mol. The molecule has 3 aromatic rings. The lowest BCUT2D eigenvalue weighted by molar-refractivity contribution is -0.137. The van der Waals surface area contributed by atoms with Gasteiger partial charge in [-0.05, 0) is 61.4 Å². The smallest absolute Gasteiger partial charge is 0.416 e. The van der Waals surface area contributed by atoms with Gasteiger partial charge in [-0.3, -0.25) is 0 Å². The SMILES string of the molecule is CCO/N=C(\C(C)=N\OCc1ccccc1/C(=C\OC)C(=O)OC)c1ccc(OCc2cccc(C(F)(F)F)c2)cc1. The highest BCUT2D eigenvalue weighted by molar-refractivity contribution is 6.47. The maximum Gasteiger partial charge on any atom is 0.416 e. The number of hydrogen-bond acceptors (Lipinski definition) is 8. The number of esters is 1. The quantitative estimate of drug-likeness (QED) is 0.0724. The molecule has 222 valence electrons. The first-order valence-electron chi connectivity index (χ1n) is 12.8. The van der Waals surface area contributed by atoms with Crippen molar-refractivity contribution in [3.8, 4) is 5.75 Å². The van der Waals surface area contributed by atoms with Gasteiger partial charge in [0.1, 0.15) is 42.6 Å². The second kappa shape index (κ2) is 15.3. The summed E-state index contributed by atoms with van der Waals surface area (Å²) >= 11 is 0. The summed E-state index contributed by atoms with van der Waals surface area (Å²) in [6, 6.07) is 18.9. The van der Waals surface area contributed by atoms with Crippen molar-refractivity contribution in [2.45, 2.75) is 33.2 Å². The molecule has 0 unspecified atom stereocenters. The van der Waals surface area contributed by atoms with Crippen molar-refractivity contribution in [1.82, 2.24) is 0 Å². The first kappa shape index (κ1) is 31.7. The van der Waals surface area contributed by atoms with Crippen molar-refractivity contribution < 1.29 is 41.9 Å². The molecule has 0 N–H and O–H groups in total. The fraction of sp³-hybridized carbons (Fsp3) is 0.258. The fourth-order valence-corrected chi connectivity index (χ4v) is 3.77. The highest BCUT2D eigenvalue weighted by atomic mass is 19.4. The topological polar surface area (TPSA) is 87.9 Å². The number of oxime groups is 2. The van der Waals surface area contributed by atoms with Crippen LogP contribution >= 0.6 is 0 Å². The monoisotopic (exact) mass is 584 g/mol. The third-order valence-corrected chi connectivity index (χ3v) is 5.79. The standard InChI is InChI=1S/C31H31F3N2O6/c1-5-41-36-29(21(2)35-42-19-24-10-6-7-12-27(24)28(20-38-3)30(37)39-4)23-13-15-26(16-14-23)40-18-22-9-8-11-25(17-22)31(32,33)34/h6-17,20H,5,18-19H2,1-4H3/b28-20+,35-21+,36-29+. The number of alkyl halides is 3. The number of methoxy groups -OCH3 is 2. The molecule has 0 spiro atoms. The van der Waals surface area contributed by atoms with E-state index in [2.05, 4.69) is 10.3 Å². The highest BCUT2D eigenvalue weighted by Crippen LogP contribution is 2.30. The molecule has 0 heterocycles. The summed E-state index contributed by atoms with van der Waals surface area (Å²) in [5, 5.41) is 8.37. The van der Waals surface area contributed by atoms with E-state index in [4.69, 9.17) is 23.9 Å². The Kier molecular flexibility index (Phi) is 11.5. The van der Waals surface area contributed by atoms with Crippen LogP contribution in [0.25, 0.3) is 5.57 Å². The van der Waals surface area contributed by atoms with Crippen molar-refractivity contribution in [1.29, 1.82) is 0 Å². The summed E-state index contributed by atoms with van der Waals surface area (Å²) in [6.07, 6.45) is -3.12. The molecule has 0 atom stereocenters. The third kappa shape index (κ3) is 8.85. The third-order valence-electron chi connectivity index (χ3n) is 5.79. The van der Waals surface area contributed by atoms with E-state index in [0.29, 0.717) is 46.0 Å². The fourth-order valence-electron chi connectivity index (χ4n) is 3.77. The minimum atomic E-state index is -4.42. The average Bonchev–Trinajstić information content (AvgIpc) is 2.99. The lowest BCUT2D eigenvalue weighted by Gasteiger charge is -2.12. The van der Waals surface area contributed by atoms with E-state index < -0.39 is 17.7 Å². The van der Waals surface area contributed by atoms with E-state index in [1.54, 1.807) is 68.4 Å². The van der Waals surface area contributed by atoms with E-state index in [1.807, 2.05) is 0 Å². The summed E-state index contributed by atoms with van der Waals surface area (Å²) in [7, 11) is 2.72. The molecule has 8 nitrogen and oxygen atoms in total. The van der Waals surface area contributed by atoms with Gasteiger partial charge in [-0.25, -0.2) is 4.79 Å². The first-order valence-corrected chi connectivity index (χ1v) is 12.8. The molecule has 0 aromatic heterocycles. The van der Waals surface area contributed by atoms with Crippen LogP contribution in [0.3, 0.4) is 0 Å². The van der Waals surface area contributed by atoms with E-state index >= 15 is 0 Å². The molecular weight excluding hydrogens is 553 g/mol. The van der Waals surface area contributed by atoms with Crippen LogP contribution in [0.5, 0.6) is 5.75 Å². The van der Waals surface area contributed by atoms with Crippen molar-refractivity contribution >= 4 is 23.0 Å². The summed E-state index contributed by atoms with van der Waals surface area (Å²) in [6.45, 7) is 3.82. The van der Waals surface area contributed by atoms with Gasteiger partial charge in [0.15, 0.2) is 0 Å². The Bertz CT molecular complexity index is 1430. The van der Waals surface area contributed by atoms with Crippen molar-refractivity contribution in [2.24, 2.45) is 10.3 Å². The Balaban J connectivity index is 1.73. The number of rotatable bonds is 13. The van der Waals surface area contributed by atoms with Crippen LogP contribution in [-0.2, 0) is 43.3 Å². The Morgan fingerprint density at radius 1 is 0.905 bits per heavy atom. The lowest BCUT2D eigenvalue weighted by atomic mass is 10.0. The highest BCUT2D eigenvalue weighted by Gasteiger charge is 2.30. The molecule has 3 aromatic carbocycles. The summed E-state index contributed by atoms with van der Waals surface area (Å²) < 4.78 is 54.5. The Hall–Kier alpha value is -4.80. The number of nitrogens with zero attached hydrogens (tertiary/aromatic N) is 2. The van der Waals surface area contributed by atoms with Crippen molar-refractivity contribution in [3.63, 3.8) is 0 Å². The van der Waals surface area contributed by atoms with Gasteiger partial charge in [-0.2, -0.15) is 13.2 Å². The molecule has 0 bridgehead atoms. The number of carbonyl (C=O) groups is 1. The number of carbonyl (C=O) groups excluding carboxylic acids is 1. The van der Waals surface area contributed by atoms with Gasteiger partial charge in [0.25, 0.3) is 0 Å². The zero-order chi connectivity index (χ0) is 30.5. The predicted octanol–water partition coefficient (Wildman–Crippen LogP) is 6.78. The number of hydrogen-bond donors (Lipinski definition) is 0. The molecule has 11 heteroatoms. The second-order valence-electron chi connectivity index (χ2n) is 8.73. The molecule has 0 saturated heterocycles. The largest absolute Gasteiger partial charge is 0.503 e. The van der Waals surface area contributed by atoms with Crippen molar-refractivity contribution in [3.05, 3.63) is 107 Å². The van der Waals surface area contributed by atoms with Gasteiger partial charge in [0.05, 0.1) is 26.0 Å². The van der Waals surface area contributed by atoms with Gasteiger partial charge in [-0.15, -0.1) is 0 Å². The van der Waals surface area contributed by atoms with Crippen LogP contribution in [0.2, 0.25) is 0 Å². The van der Waals surface area contributed by atoms with Gasteiger partial charge in [0.2, 0.25) is 0 Å². The van der Waals surface area contributed by atoms with Gasteiger partial charge >= 0.3 is 12.1 Å². The molecule has 0 aliphatic heterocycles. The van der Waals surface area contributed by atoms with Crippen LogP contribution < -0.4 is 4.74 Å².